The second-order valence-electron chi connectivity index (χ2n) is 6.76. The van der Waals surface area contributed by atoms with Gasteiger partial charge in [0.1, 0.15) is 18.0 Å². The van der Waals surface area contributed by atoms with Crippen molar-refractivity contribution in [3.63, 3.8) is 0 Å². The predicted molar refractivity (Wildman–Crippen MR) is 95.2 cm³/mol. The number of piperidine rings is 1. The Morgan fingerprint density at radius 2 is 2.16 bits per heavy atom. The summed E-state index contributed by atoms with van der Waals surface area (Å²) in [6.07, 6.45) is 9.50. The van der Waals surface area contributed by atoms with Crippen molar-refractivity contribution >= 4 is 17.5 Å². The molecule has 1 N–H and O–H groups in total. The number of anilines is 2. The van der Waals surface area contributed by atoms with Gasteiger partial charge in [-0.1, -0.05) is 13.8 Å². The van der Waals surface area contributed by atoms with Crippen LogP contribution in [0.15, 0.2) is 31.0 Å². The number of carbonyl (C=O) groups is 1. The zero-order valence-electron chi connectivity index (χ0n) is 14.7. The van der Waals surface area contributed by atoms with Crippen LogP contribution in [0.5, 0.6) is 0 Å². The molecule has 0 spiro atoms. The van der Waals surface area contributed by atoms with Gasteiger partial charge in [-0.15, -0.1) is 0 Å². The van der Waals surface area contributed by atoms with Crippen molar-refractivity contribution in [2.45, 2.75) is 33.1 Å². The summed E-state index contributed by atoms with van der Waals surface area (Å²) in [6, 6.07) is 1.94. The Bertz CT molecular complexity index is 706. The molecule has 1 aliphatic heterocycles. The molecule has 7 nitrogen and oxygen atoms in total. The topological polar surface area (TPSA) is 83.9 Å². The van der Waals surface area contributed by atoms with Crippen molar-refractivity contribution in [2.75, 3.05) is 18.4 Å². The first-order valence-electron chi connectivity index (χ1n) is 8.74. The largest absolute Gasteiger partial charge is 0.342 e. The minimum atomic E-state index is 0.0561. The van der Waals surface area contributed by atoms with Crippen LogP contribution in [-0.2, 0) is 11.2 Å². The molecule has 132 valence electrons. The summed E-state index contributed by atoms with van der Waals surface area (Å²) in [5.74, 6) is 2.10. The predicted octanol–water partition coefficient (Wildman–Crippen LogP) is 2.45. The third-order valence-corrected chi connectivity index (χ3v) is 4.37. The molecule has 0 aromatic carbocycles. The molecular formula is C18H24N6O. The molecule has 7 heteroatoms. The summed E-state index contributed by atoms with van der Waals surface area (Å²) < 4.78 is 0. The summed E-state index contributed by atoms with van der Waals surface area (Å²) in [5, 5.41) is 3.13. The Hall–Kier alpha value is -2.57. The quantitative estimate of drug-likeness (QED) is 0.900. The number of amides is 1. The minimum absolute atomic E-state index is 0.0561. The van der Waals surface area contributed by atoms with Crippen LogP contribution in [0.4, 0.5) is 11.6 Å². The van der Waals surface area contributed by atoms with Crippen molar-refractivity contribution < 1.29 is 4.79 Å². The van der Waals surface area contributed by atoms with Gasteiger partial charge in [-0.3, -0.25) is 9.78 Å². The summed E-state index contributed by atoms with van der Waals surface area (Å²) in [4.78, 5) is 31.1. The third kappa shape index (κ3) is 4.71. The van der Waals surface area contributed by atoms with E-state index >= 15 is 0 Å². The van der Waals surface area contributed by atoms with Gasteiger partial charge < -0.3 is 10.2 Å². The third-order valence-electron chi connectivity index (χ3n) is 4.37. The second-order valence-corrected chi connectivity index (χ2v) is 6.76. The van der Waals surface area contributed by atoms with Gasteiger partial charge in [0.15, 0.2) is 0 Å². The lowest BCUT2D eigenvalue weighted by Gasteiger charge is -2.33. The van der Waals surface area contributed by atoms with Crippen LogP contribution >= 0.6 is 0 Å². The highest BCUT2D eigenvalue weighted by atomic mass is 16.2. The number of likely N-dealkylation sites (tertiary alicyclic amines) is 1. The standard InChI is InChI=1S/C18H24N6O/c1-13(2)18(25)24-7-3-4-14(11-24)8-15-9-16(22-12-21-15)23-17-10-19-5-6-20-17/h5-6,9-10,12-14H,3-4,7-8,11H2,1-2H3,(H,20,21,22,23)/t14-/m0/s1. The van der Waals surface area contributed by atoms with Crippen LogP contribution in [0.3, 0.4) is 0 Å². The van der Waals surface area contributed by atoms with Crippen LogP contribution in [0.2, 0.25) is 0 Å². The summed E-state index contributed by atoms with van der Waals surface area (Å²) in [5.41, 5.74) is 0.977. The molecule has 1 saturated heterocycles. The van der Waals surface area contributed by atoms with Crippen LogP contribution < -0.4 is 5.32 Å². The van der Waals surface area contributed by atoms with Crippen molar-refractivity contribution in [1.29, 1.82) is 0 Å². The number of hydrogen-bond acceptors (Lipinski definition) is 6. The number of rotatable bonds is 5. The van der Waals surface area contributed by atoms with E-state index in [1.165, 1.54) is 0 Å². The lowest BCUT2D eigenvalue weighted by Crippen LogP contribution is -2.42. The number of nitrogens with zero attached hydrogens (tertiary/aromatic N) is 5. The van der Waals surface area contributed by atoms with Gasteiger partial charge in [0.2, 0.25) is 5.91 Å². The van der Waals surface area contributed by atoms with E-state index in [2.05, 4.69) is 25.3 Å². The second kappa shape index (κ2) is 8.00. The molecule has 2 aromatic rings. The average molecular weight is 340 g/mol. The monoisotopic (exact) mass is 340 g/mol. The number of hydrogen-bond donors (Lipinski definition) is 1. The molecule has 0 radical (unpaired) electrons. The Balaban J connectivity index is 1.63. The van der Waals surface area contributed by atoms with Gasteiger partial charge >= 0.3 is 0 Å². The van der Waals surface area contributed by atoms with E-state index < -0.39 is 0 Å². The molecule has 25 heavy (non-hydrogen) atoms. The van der Waals surface area contributed by atoms with Gasteiger partial charge in [-0.05, 0) is 25.2 Å². The van der Waals surface area contributed by atoms with Crippen molar-refractivity contribution in [3.05, 3.63) is 36.7 Å². The average Bonchev–Trinajstić information content (AvgIpc) is 2.62. The summed E-state index contributed by atoms with van der Waals surface area (Å²) >= 11 is 0. The van der Waals surface area contributed by atoms with Gasteiger partial charge in [0.05, 0.1) is 6.20 Å². The first-order valence-corrected chi connectivity index (χ1v) is 8.74. The highest BCUT2D eigenvalue weighted by Crippen LogP contribution is 2.22. The van der Waals surface area contributed by atoms with Crippen LogP contribution in [-0.4, -0.2) is 43.8 Å². The van der Waals surface area contributed by atoms with E-state index in [9.17, 15) is 4.79 Å². The molecule has 1 aliphatic rings. The highest BCUT2D eigenvalue weighted by molar-refractivity contribution is 5.78. The van der Waals surface area contributed by atoms with Gasteiger partial charge in [0, 0.05) is 43.2 Å². The van der Waals surface area contributed by atoms with E-state index in [4.69, 9.17) is 0 Å². The van der Waals surface area contributed by atoms with Crippen LogP contribution in [0, 0.1) is 11.8 Å². The fourth-order valence-corrected chi connectivity index (χ4v) is 3.17. The van der Waals surface area contributed by atoms with Crippen LogP contribution in [0.1, 0.15) is 32.4 Å². The fraction of sp³-hybridized carbons (Fsp3) is 0.500. The van der Waals surface area contributed by atoms with Crippen molar-refractivity contribution in [2.24, 2.45) is 11.8 Å². The first-order chi connectivity index (χ1) is 12.1. The molecule has 1 atom stereocenters. The summed E-state index contributed by atoms with van der Waals surface area (Å²) in [6.45, 7) is 5.60. The highest BCUT2D eigenvalue weighted by Gasteiger charge is 2.25. The lowest BCUT2D eigenvalue weighted by molar-refractivity contribution is -0.136. The van der Waals surface area contributed by atoms with Gasteiger partial charge in [0.25, 0.3) is 0 Å². The Labute approximate surface area is 147 Å². The van der Waals surface area contributed by atoms with E-state index in [-0.39, 0.29) is 11.8 Å². The minimum Gasteiger partial charge on any atom is -0.342 e. The molecule has 0 saturated carbocycles. The molecular weight excluding hydrogens is 316 g/mol. The SMILES string of the molecule is CC(C)C(=O)N1CCC[C@@H](Cc2cc(Nc3cnccn3)ncn2)C1. The van der Waals surface area contributed by atoms with Gasteiger partial charge in [-0.2, -0.15) is 0 Å². The smallest absolute Gasteiger partial charge is 0.225 e. The van der Waals surface area contributed by atoms with Crippen LogP contribution in [0.25, 0.3) is 0 Å². The van der Waals surface area contributed by atoms with E-state index in [0.717, 1.165) is 38.0 Å². The van der Waals surface area contributed by atoms with E-state index in [1.54, 1.807) is 24.9 Å². The zero-order chi connectivity index (χ0) is 17.6. The Morgan fingerprint density at radius 3 is 2.92 bits per heavy atom. The zero-order valence-corrected chi connectivity index (χ0v) is 14.7. The molecule has 1 fully saturated rings. The maximum atomic E-state index is 12.2. The lowest BCUT2D eigenvalue weighted by atomic mass is 9.92. The molecule has 1 amide bonds. The number of carbonyl (C=O) groups excluding carboxylic acids is 1. The maximum absolute atomic E-state index is 12.2. The molecule has 0 bridgehead atoms. The first kappa shape index (κ1) is 17.3. The van der Waals surface area contributed by atoms with E-state index in [1.807, 2.05) is 24.8 Å². The van der Waals surface area contributed by atoms with Gasteiger partial charge in [-0.25, -0.2) is 15.0 Å². The van der Waals surface area contributed by atoms with Crippen molar-refractivity contribution in [1.82, 2.24) is 24.8 Å². The van der Waals surface area contributed by atoms with E-state index in [0.29, 0.717) is 17.6 Å². The molecule has 2 aromatic heterocycles. The Kier molecular flexibility index (Phi) is 5.53. The normalized spacial score (nSPS) is 17.6. The number of aromatic nitrogens is 4. The Morgan fingerprint density at radius 1 is 1.28 bits per heavy atom. The molecule has 0 unspecified atom stereocenters. The summed E-state index contributed by atoms with van der Waals surface area (Å²) in [7, 11) is 0. The fourth-order valence-electron chi connectivity index (χ4n) is 3.17. The number of nitrogens with one attached hydrogen (secondary N) is 1. The molecule has 0 aliphatic carbocycles. The maximum Gasteiger partial charge on any atom is 0.225 e. The molecule has 3 rings (SSSR count). The van der Waals surface area contributed by atoms with Crippen molar-refractivity contribution in [3.8, 4) is 0 Å². The molecule has 3 heterocycles.